The van der Waals surface area contributed by atoms with Gasteiger partial charge in [-0.2, -0.15) is 0 Å². The molecule has 0 fully saturated rings. The number of hydrogen-bond acceptors (Lipinski definition) is 3. The Hall–Kier alpha value is -1.51. The highest BCUT2D eigenvalue weighted by atomic mass is 16.5. The van der Waals surface area contributed by atoms with Crippen molar-refractivity contribution in [3.63, 3.8) is 0 Å². The van der Waals surface area contributed by atoms with Crippen molar-refractivity contribution >= 4 is 5.78 Å². The standard InChI is InChI=1S/C14H20O3/c1-5-11(6-2)17-14-12(10(3)15)8-7-9-13(14)16-4/h7-9,11H,5-6H2,1-4H3. The molecule has 1 rings (SSSR count). The lowest BCUT2D eigenvalue weighted by molar-refractivity contribution is 0.100. The summed E-state index contributed by atoms with van der Waals surface area (Å²) in [5, 5.41) is 0. The molecule has 0 aliphatic carbocycles. The van der Waals surface area contributed by atoms with Crippen molar-refractivity contribution < 1.29 is 14.3 Å². The zero-order valence-corrected chi connectivity index (χ0v) is 10.9. The molecule has 0 saturated heterocycles. The molecule has 0 spiro atoms. The molecular formula is C14H20O3. The molecule has 0 amide bonds. The third-order valence-electron chi connectivity index (χ3n) is 2.77. The molecule has 0 aliphatic heterocycles. The van der Waals surface area contributed by atoms with Gasteiger partial charge in [0, 0.05) is 0 Å². The van der Waals surface area contributed by atoms with Crippen LogP contribution in [0.15, 0.2) is 18.2 Å². The average molecular weight is 236 g/mol. The Balaban J connectivity index is 3.12. The van der Waals surface area contributed by atoms with Gasteiger partial charge in [0.1, 0.15) is 0 Å². The second kappa shape index (κ2) is 6.28. The molecule has 0 N–H and O–H groups in total. The number of Topliss-reactive ketones (excluding diaryl/α,β-unsaturated/α-hetero) is 1. The molecule has 0 heterocycles. The second-order valence-electron chi connectivity index (χ2n) is 3.95. The number of ketones is 1. The molecule has 3 nitrogen and oxygen atoms in total. The van der Waals surface area contributed by atoms with Crippen LogP contribution in [0.2, 0.25) is 0 Å². The summed E-state index contributed by atoms with van der Waals surface area (Å²) in [6.07, 6.45) is 1.93. The van der Waals surface area contributed by atoms with Crippen LogP contribution in [0.1, 0.15) is 44.0 Å². The summed E-state index contributed by atoms with van der Waals surface area (Å²) in [7, 11) is 1.58. The minimum atomic E-state index is -0.00939. The first kappa shape index (κ1) is 13.6. The van der Waals surface area contributed by atoms with Crippen molar-refractivity contribution in [2.24, 2.45) is 0 Å². The molecule has 0 aliphatic rings. The maximum Gasteiger partial charge on any atom is 0.172 e. The lowest BCUT2D eigenvalue weighted by Gasteiger charge is -2.19. The quantitative estimate of drug-likeness (QED) is 0.709. The topological polar surface area (TPSA) is 35.5 Å². The van der Waals surface area contributed by atoms with E-state index < -0.39 is 0 Å². The van der Waals surface area contributed by atoms with Crippen molar-refractivity contribution in [1.82, 2.24) is 0 Å². The fourth-order valence-electron chi connectivity index (χ4n) is 1.70. The van der Waals surface area contributed by atoms with Crippen LogP contribution in [-0.4, -0.2) is 19.0 Å². The van der Waals surface area contributed by atoms with Crippen LogP contribution >= 0.6 is 0 Å². The van der Waals surface area contributed by atoms with E-state index in [4.69, 9.17) is 9.47 Å². The number of carbonyl (C=O) groups excluding carboxylic acids is 1. The lowest BCUT2D eigenvalue weighted by atomic mass is 10.1. The van der Waals surface area contributed by atoms with Gasteiger partial charge in [0.25, 0.3) is 0 Å². The molecule has 0 bridgehead atoms. The highest BCUT2D eigenvalue weighted by Crippen LogP contribution is 2.32. The molecule has 0 saturated carbocycles. The highest BCUT2D eigenvalue weighted by Gasteiger charge is 2.16. The molecule has 1 aromatic rings. The zero-order valence-electron chi connectivity index (χ0n) is 10.9. The van der Waals surface area contributed by atoms with Gasteiger partial charge in [0.2, 0.25) is 0 Å². The van der Waals surface area contributed by atoms with E-state index in [0.29, 0.717) is 17.1 Å². The first-order valence-corrected chi connectivity index (χ1v) is 5.98. The van der Waals surface area contributed by atoms with Gasteiger partial charge in [-0.15, -0.1) is 0 Å². The van der Waals surface area contributed by atoms with Crippen molar-refractivity contribution in [1.29, 1.82) is 0 Å². The molecule has 94 valence electrons. The van der Waals surface area contributed by atoms with E-state index in [0.717, 1.165) is 12.8 Å². The Morgan fingerprint density at radius 1 is 1.29 bits per heavy atom. The predicted molar refractivity (Wildman–Crippen MR) is 68.0 cm³/mol. The normalized spacial score (nSPS) is 10.4. The van der Waals surface area contributed by atoms with Crippen molar-refractivity contribution in [3.8, 4) is 11.5 Å². The summed E-state index contributed by atoms with van der Waals surface area (Å²) in [5.41, 5.74) is 0.580. The number of hydrogen-bond donors (Lipinski definition) is 0. The summed E-state index contributed by atoms with van der Waals surface area (Å²) in [4.78, 5) is 11.6. The van der Waals surface area contributed by atoms with Gasteiger partial charge in [-0.05, 0) is 31.9 Å². The number of carbonyl (C=O) groups is 1. The fourth-order valence-corrected chi connectivity index (χ4v) is 1.70. The smallest absolute Gasteiger partial charge is 0.172 e. The number of para-hydroxylation sites is 1. The molecule has 1 aromatic carbocycles. The van der Waals surface area contributed by atoms with E-state index in [1.807, 2.05) is 6.07 Å². The molecular weight excluding hydrogens is 216 g/mol. The van der Waals surface area contributed by atoms with E-state index >= 15 is 0 Å². The monoisotopic (exact) mass is 236 g/mol. The Bertz CT molecular complexity index is 381. The Kier molecular flexibility index (Phi) is 5.01. The fraction of sp³-hybridized carbons (Fsp3) is 0.500. The van der Waals surface area contributed by atoms with Gasteiger partial charge >= 0.3 is 0 Å². The molecule has 3 heteroatoms. The lowest BCUT2D eigenvalue weighted by Crippen LogP contribution is -2.16. The second-order valence-corrected chi connectivity index (χ2v) is 3.95. The van der Waals surface area contributed by atoms with Gasteiger partial charge in [0.15, 0.2) is 17.3 Å². The van der Waals surface area contributed by atoms with Crippen LogP contribution in [0, 0.1) is 0 Å². The van der Waals surface area contributed by atoms with Crippen LogP contribution in [0.4, 0.5) is 0 Å². The minimum absolute atomic E-state index is 0.00939. The van der Waals surface area contributed by atoms with Crippen LogP contribution in [0.3, 0.4) is 0 Å². The molecule has 0 atom stereocenters. The molecule has 0 unspecified atom stereocenters. The molecule has 17 heavy (non-hydrogen) atoms. The Morgan fingerprint density at radius 2 is 1.94 bits per heavy atom. The van der Waals surface area contributed by atoms with Gasteiger partial charge in [-0.1, -0.05) is 19.9 Å². The van der Waals surface area contributed by atoms with Gasteiger partial charge in [-0.3, -0.25) is 4.79 Å². The van der Waals surface area contributed by atoms with Crippen LogP contribution < -0.4 is 9.47 Å². The van der Waals surface area contributed by atoms with E-state index in [1.165, 1.54) is 6.92 Å². The maximum atomic E-state index is 11.6. The highest BCUT2D eigenvalue weighted by molar-refractivity contribution is 5.97. The largest absolute Gasteiger partial charge is 0.493 e. The maximum absolute atomic E-state index is 11.6. The average Bonchev–Trinajstić information content (AvgIpc) is 2.35. The number of rotatable bonds is 6. The summed E-state index contributed by atoms with van der Waals surface area (Å²) >= 11 is 0. The van der Waals surface area contributed by atoms with Crippen LogP contribution in [0.5, 0.6) is 11.5 Å². The predicted octanol–water partition coefficient (Wildman–Crippen LogP) is 3.47. The summed E-state index contributed by atoms with van der Waals surface area (Å²) in [6.45, 7) is 5.67. The van der Waals surface area contributed by atoms with Crippen molar-refractivity contribution in [2.75, 3.05) is 7.11 Å². The van der Waals surface area contributed by atoms with Gasteiger partial charge in [-0.25, -0.2) is 0 Å². The van der Waals surface area contributed by atoms with Crippen LogP contribution in [0.25, 0.3) is 0 Å². The third-order valence-corrected chi connectivity index (χ3v) is 2.77. The van der Waals surface area contributed by atoms with Gasteiger partial charge < -0.3 is 9.47 Å². The Labute approximate surface area is 103 Å². The number of methoxy groups -OCH3 is 1. The van der Waals surface area contributed by atoms with E-state index in [9.17, 15) is 4.79 Å². The van der Waals surface area contributed by atoms with Gasteiger partial charge in [0.05, 0.1) is 18.8 Å². The van der Waals surface area contributed by atoms with Crippen LogP contribution in [-0.2, 0) is 0 Å². The SMILES string of the molecule is CCC(CC)Oc1c(OC)cccc1C(C)=O. The van der Waals surface area contributed by atoms with Crippen molar-refractivity contribution in [3.05, 3.63) is 23.8 Å². The number of ether oxygens (including phenoxy) is 2. The van der Waals surface area contributed by atoms with E-state index in [1.54, 1.807) is 19.2 Å². The zero-order chi connectivity index (χ0) is 12.8. The Morgan fingerprint density at radius 3 is 2.41 bits per heavy atom. The van der Waals surface area contributed by atoms with E-state index in [-0.39, 0.29) is 11.9 Å². The first-order chi connectivity index (χ1) is 8.13. The minimum Gasteiger partial charge on any atom is -0.493 e. The summed E-state index contributed by atoms with van der Waals surface area (Å²) in [5.74, 6) is 1.17. The number of benzene rings is 1. The third kappa shape index (κ3) is 3.22. The first-order valence-electron chi connectivity index (χ1n) is 5.98. The summed E-state index contributed by atoms with van der Waals surface area (Å²) in [6, 6.07) is 5.38. The summed E-state index contributed by atoms with van der Waals surface area (Å²) < 4.78 is 11.1. The van der Waals surface area contributed by atoms with Crippen molar-refractivity contribution in [2.45, 2.75) is 39.7 Å². The van der Waals surface area contributed by atoms with E-state index in [2.05, 4.69) is 13.8 Å². The molecule has 0 radical (unpaired) electrons. The molecule has 0 aromatic heterocycles.